The molecule has 0 aliphatic heterocycles. The van der Waals surface area contributed by atoms with Crippen molar-refractivity contribution < 1.29 is 9.13 Å². The zero-order valence-corrected chi connectivity index (χ0v) is 8.48. The fraction of sp³-hybridized carbons (Fsp3) is 0.500. The van der Waals surface area contributed by atoms with Gasteiger partial charge in [-0.3, -0.25) is 0 Å². The summed E-state index contributed by atoms with van der Waals surface area (Å²) >= 11 is 0. The Kier molecular flexibility index (Phi) is 2.71. The van der Waals surface area contributed by atoms with Gasteiger partial charge in [0, 0.05) is 6.07 Å². The molecule has 0 saturated heterocycles. The predicted octanol–water partition coefficient (Wildman–Crippen LogP) is 3.10. The summed E-state index contributed by atoms with van der Waals surface area (Å²) in [5.41, 5.74) is 2.04. The van der Waals surface area contributed by atoms with Crippen molar-refractivity contribution in [2.24, 2.45) is 0 Å². The molecule has 1 aromatic carbocycles. The minimum atomic E-state index is -0.0961. The maximum Gasteiger partial charge on any atom is 0.130 e. The lowest BCUT2D eigenvalue weighted by Gasteiger charge is -2.09. The van der Waals surface area contributed by atoms with Crippen LogP contribution in [-0.2, 0) is 12.8 Å². The van der Waals surface area contributed by atoms with E-state index in [-0.39, 0.29) is 5.82 Å². The highest BCUT2D eigenvalue weighted by Crippen LogP contribution is 2.27. The minimum Gasteiger partial charge on any atom is -0.497 e. The molecule has 0 heterocycles. The summed E-state index contributed by atoms with van der Waals surface area (Å²) in [6.45, 7) is 0. The number of benzene rings is 1. The van der Waals surface area contributed by atoms with Crippen LogP contribution in [0.4, 0.5) is 4.39 Å². The fourth-order valence-corrected chi connectivity index (χ4v) is 2.08. The maximum atomic E-state index is 13.6. The molecule has 0 fully saturated rings. The summed E-state index contributed by atoms with van der Waals surface area (Å²) < 4.78 is 18.7. The van der Waals surface area contributed by atoms with Gasteiger partial charge in [0.15, 0.2) is 0 Å². The molecular weight excluding hydrogens is 179 g/mol. The summed E-state index contributed by atoms with van der Waals surface area (Å²) in [6.07, 6.45) is 5.35. The van der Waals surface area contributed by atoms with Crippen LogP contribution in [0.5, 0.6) is 5.75 Å². The van der Waals surface area contributed by atoms with Gasteiger partial charge in [0.1, 0.15) is 11.6 Å². The molecule has 0 saturated carbocycles. The average molecular weight is 194 g/mol. The molecule has 0 N–H and O–H groups in total. The van der Waals surface area contributed by atoms with E-state index < -0.39 is 0 Å². The molecule has 0 bridgehead atoms. The van der Waals surface area contributed by atoms with Gasteiger partial charge in [-0.15, -0.1) is 0 Å². The van der Waals surface area contributed by atoms with Crippen molar-refractivity contribution in [3.63, 3.8) is 0 Å². The van der Waals surface area contributed by atoms with E-state index in [1.54, 1.807) is 7.11 Å². The molecule has 2 rings (SSSR count). The molecule has 1 nitrogen and oxygen atoms in total. The second-order valence-corrected chi connectivity index (χ2v) is 3.81. The van der Waals surface area contributed by atoms with Crippen LogP contribution in [0.25, 0.3) is 0 Å². The molecule has 0 unspecified atom stereocenters. The van der Waals surface area contributed by atoms with Crippen LogP contribution >= 0.6 is 0 Å². The number of methoxy groups -OCH3 is 1. The first-order valence-electron chi connectivity index (χ1n) is 5.16. The normalized spacial score (nSPS) is 15.9. The number of halogens is 1. The Hall–Kier alpha value is -1.05. The van der Waals surface area contributed by atoms with Crippen LogP contribution in [0.1, 0.15) is 30.4 Å². The lowest BCUT2D eigenvalue weighted by molar-refractivity contribution is 0.410. The predicted molar refractivity (Wildman–Crippen MR) is 54.2 cm³/mol. The second kappa shape index (κ2) is 3.99. The van der Waals surface area contributed by atoms with E-state index in [9.17, 15) is 4.39 Å². The van der Waals surface area contributed by atoms with Crippen molar-refractivity contribution in [2.45, 2.75) is 32.1 Å². The van der Waals surface area contributed by atoms with Gasteiger partial charge in [-0.2, -0.15) is 0 Å². The first kappa shape index (κ1) is 9.50. The maximum absolute atomic E-state index is 13.6. The number of aryl methyl sites for hydroxylation is 1. The Morgan fingerprint density at radius 3 is 2.71 bits per heavy atom. The smallest absolute Gasteiger partial charge is 0.130 e. The third-order valence-corrected chi connectivity index (χ3v) is 2.87. The third-order valence-electron chi connectivity index (χ3n) is 2.87. The Morgan fingerprint density at radius 2 is 1.93 bits per heavy atom. The van der Waals surface area contributed by atoms with Crippen molar-refractivity contribution >= 4 is 0 Å². The highest BCUT2D eigenvalue weighted by molar-refractivity contribution is 5.37. The standard InChI is InChI=1S/C12H15FO/c1-14-10-7-9-5-3-2-4-6-11(9)12(13)8-10/h7-8H,2-6H2,1H3. The first-order chi connectivity index (χ1) is 6.81. The Balaban J connectivity index is 2.43. The highest BCUT2D eigenvalue weighted by Gasteiger charge is 2.13. The van der Waals surface area contributed by atoms with Gasteiger partial charge in [0.05, 0.1) is 7.11 Å². The van der Waals surface area contributed by atoms with Crippen LogP contribution < -0.4 is 4.74 Å². The van der Waals surface area contributed by atoms with Gasteiger partial charge >= 0.3 is 0 Å². The monoisotopic (exact) mass is 194 g/mol. The third kappa shape index (κ3) is 1.74. The second-order valence-electron chi connectivity index (χ2n) is 3.81. The van der Waals surface area contributed by atoms with E-state index in [0.717, 1.165) is 30.4 Å². The van der Waals surface area contributed by atoms with Crippen LogP contribution in [-0.4, -0.2) is 7.11 Å². The molecule has 1 aliphatic carbocycles. The van der Waals surface area contributed by atoms with E-state index in [0.29, 0.717) is 5.75 Å². The summed E-state index contributed by atoms with van der Waals surface area (Å²) in [4.78, 5) is 0. The molecule has 14 heavy (non-hydrogen) atoms. The van der Waals surface area contributed by atoms with Gasteiger partial charge in [-0.1, -0.05) is 6.42 Å². The van der Waals surface area contributed by atoms with Gasteiger partial charge < -0.3 is 4.74 Å². The van der Waals surface area contributed by atoms with Crippen LogP contribution in [0.2, 0.25) is 0 Å². The topological polar surface area (TPSA) is 9.23 Å². The fourth-order valence-electron chi connectivity index (χ4n) is 2.08. The molecule has 0 aromatic heterocycles. The molecule has 0 radical (unpaired) electrons. The largest absolute Gasteiger partial charge is 0.497 e. The molecule has 0 atom stereocenters. The van der Waals surface area contributed by atoms with Gasteiger partial charge in [0.25, 0.3) is 0 Å². The van der Waals surface area contributed by atoms with E-state index in [4.69, 9.17) is 4.74 Å². The van der Waals surface area contributed by atoms with Crippen molar-refractivity contribution in [3.05, 3.63) is 29.1 Å². The Labute approximate surface area is 83.9 Å². The van der Waals surface area contributed by atoms with Gasteiger partial charge in [0.2, 0.25) is 0 Å². The highest BCUT2D eigenvalue weighted by atomic mass is 19.1. The van der Waals surface area contributed by atoms with Crippen LogP contribution in [0.3, 0.4) is 0 Å². The molecule has 0 amide bonds. The zero-order chi connectivity index (χ0) is 9.97. The van der Waals surface area contributed by atoms with E-state index >= 15 is 0 Å². The number of ether oxygens (including phenoxy) is 1. The van der Waals surface area contributed by atoms with Gasteiger partial charge in [-0.05, 0) is 42.9 Å². The zero-order valence-electron chi connectivity index (χ0n) is 8.48. The SMILES string of the molecule is COc1cc(F)c2c(c1)CCCCC2. The molecule has 0 spiro atoms. The van der Waals surface area contributed by atoms with E-state index in [1.165, 1.54) is 18.9 Å². The van der Waals surface area contributed by atoms with E-state index in [1.807, 2.05) is 6.07 Å². The van der Waals surface area contributed by atoms with Crippen molar-refractivity contribution in [1.29, 1.82) is 0 Å². The average Bonchev–Trinajstić information content (AvgIpc) is 2.42. The molecular formula is C12H15FO. The molecule has 2 heteroatoms. The van der Waals surface area contributed by atoms with Crippen LogP contribution in [0, 0.1) is 5.82 Å². The number of hydrogen-bond donors (Lipinski definition) is 0. The summed E-state index contributed by atoms with van der Waals surface area (Å²) in [5.74, 6) is 0.546. The quantitative estimate of drug-likeness (QED) is 0.624. The lowest BCUT2D eigenvalue weighted by Crippen LogP contribution is -1.97. The van der Waals surface area contributed by atoms with Crippen molar-refractivity contribution in [2.75, 3.05) is 7.11 Å². The first-order valence-corrected chi connectivity index (χ1v) is 5.16. The lowest BCUT2D eigenvalue weighted by atomic mass is 10.0. The summed E-state index contributed by atoms with van der Waals surface area (Å²) in [6, 6.07) is 3.47. The summed E-state index contributed by atoms with van der Waals surface area (Å²) in [7, 11) is 1.58. The van der Waals surface area contributed by atoms with Gasteiger partial charge in [-0.25, -0.2) is 4.39 Å². The van der Waals surface area contributed by atoms with E-state index in [2.05, 4.69) is 0 Å². The minimum absolute atomic E-state index is 0.0961. The number of hydrogen-bond acceptors (Lipinski definition) is 1. The molecule has 1 aliphatic rings. The molecule has 1 aromatic rings. The van der Waals surface area contributed by atoms with Crippen molar-refractivity contribution in [1.82, 2.24) is 0 Å². The molecule has 76 valence electrons. The Bertz CT molecular complexity index is 333. The Morgan fingerprint density at radius 1 is 1.14 bits per heavy atom. The van der Waals surface area contributed by atoms with Crippen molar-refractivity contribution in [3.8, 4) is 5.75 Å². The number of rotatable bonds is 1. The number of fused-ring (bicyclic) bond motifs is 1. The summed E-state index contributed by atoms with van der Waals surface area (Å²) in [5, 5.41) is 0. The van der Waals surface area contributed by atoms with Crippen LogP contribution in [0.15, 0.2) is 12.1 Å².